The van der Waals surface area contributed by atoms with Gasteiger partial charge in [-0.1, -0.05) is 12.1 Å². The van der Waals surface area contributed by atoms with E-state index in [4.69, 9.17) is 9.47 Å². The number of sulfonamides is 1. The number of carbonyl (C=O) groups is 1. The lowest BCUT2D eigenvalue weighted by atomic mass is 10.0. The van der Waals surface area contributed by atoms with Crippen LogP contribution in [-0.2, 0) is 14.8 Å². The van der Waals surface area contributed by atoms with Crippen molar-refractivity contribution in [3.05, 3.63) is 53.3 Å². The Labute approximate surface area is 185 Å². The molecule has 0 spiro atoms. The zero-order valence-corrected chi connectivity index (χ0v) is 18.6. The van der Waals surface area contributed by atoms with Crippen molar-refractivity contribution in [3.63, 3.8) is 0 Å². The van der Waals surface area contributed by atoms with E-state index in [-0.39, 0.29) is 41.2 Å². The number of hydrogen-bond acceptors (Lipinski definition) is 6. The molecular weight excluding hydrogens is 443 g/mol. The Morgan fingerprint density at radius 1 is 1.26 bits per heavy atom. The first-order valence-electron chi connectivity index (χ1n) is 9.90. The second kappa shape index (κ2) is 9.15. The Morgan fingerprint density at radius 3 is 2.77 bits per heavy atom. The van der Waals surface area contributed by atoms with E-state index in [9.17, 15) is 17.6 Å². The number of benzene rings is 2. The van der Waals surface area contributed by atoms with Gasteiger partial charge in [0.05, 0.1) is 26.4 Å². The topological polar surface area (TPSA) is 84.9 Å². The van der Waals surface area contributed by atoms with Crippen molar-refractivity contribution in [1.29, 1.82) is 0 Å². The monoisotopic (exact) mass is 466 g/mol. The van der Waals surface area contributed by atoms with E-state index in [1.54, 1.807) is 12.1 Å². The van der Waals surface area contributed by atoms with E-state index in [1.165, 1.54) is 47.4 Å². The second-order valence-electron chi connectivity index (χ2n) is 7.20. The summed E-state index contributed by atoms with van der Waals surface area (Å²) in [4.78, 5) is 13.5. The Balaban J connectivity index is 1.62. The average molecular weight is 467 g/mol. The van der Waals surface area contributed by atoms with Crippen LogP contribution >= 0.6 is 11.8 Å². The minimum atomic E-state index is -3.85. The third-order valence-corrected chi connectivity index (χ3v) is 8.42. The van der Waals surface area contributed by atoms with Crippen molar-refractivity contribution in [2.45, 2.75) is 22.3 Å². The normalized spacial score (nSPS) is 19.5. The van der Waals surface area contributed by atoms with Crippen molar-refractivity contribution in [3.8, 4) is 5.75 Å². The molecule has 2 aromatic rings. The predicted molar refractivity (Wildman–Crippen MR) is 115 cm³/mol. The summed E-state index contributed by atoms with van der Waals surface area (Å²) in [6.07, 6.45) is 0.655. The Hall–Kier alpha value is -2.14. The van der Waals surface area contributed by atoms with Gasteiger partial charge in [-0.2, -0.15) is 4.31 Å². The molecule has 2 aliphatic rings. The number of rotatable bonds is 5. The van der Waals surface area contributed by atoms with Crippen LogP contribution < -0.4 is 10.1 Å². The fourth-order valence-corrected chi connectivity index (χ4v) is 6.45. The van der Waals surface area contributed by atoms with Gasteiger partial charge in [0.1, 0.15) is 16.5 Å². The van der Waals surface area contributed by atoms with E-state index in [1.807, 2.05) is 0 Å². The van der Waals surface area contributed by atoms with Gasteiger partial charge >= 0.3 is 0 Å². The molecule has 0 radical (unpaired) electrons. The third-order valence-electron chi connectivity index (χ3n) is 5.34. The molecular formula is C21H23FN2O5S2. The highest BCUT2D eigenvalue weighted by Gasteiger charge is 2.31. The van der Waals surface area contributed by atoms with Crippen LogP contribution in [0.1, 0.15) is 28.4 Å². The molecule has 1 saturated heterocycles. The molecule has 2 aliphatic heterocycles. The first-order valence-corrected chi connectivity index (χ1v) is 12.3. The Kier molecular flexibility index (Phi) is 6.52. The summed E-state index contributed by atoms with van der Waals surface area (Å²) in [6, 6.07) is 8.83. The van der Waals surface area contributed by atoms with Crippen LogP contribution in [0.2, 0.25) is 0 Å². The van der Waals surface area contributed by atoms with Gasteiger partial charge in [0.2, 0.25) is 10.0 Å². The van der Waals surface area contributed by atoms with Gasteiger partial charge < -0.3 is 14.8 Å². The smallest absolute Gasteiger partial charge is 0.251 e. The summed E-state index contributed by atoms with van der Waals surface area (Å²) in [5.41, 5.74) is 0.933. The maximum absolute atomic E-state index is 14.1. The van der Waals surface area contributed by atoms with Gasteiger partial charge in [0.25, 0.3) is 5.91 Å². The number of hydrogen-bond donors (Lipinski definition) is 1. The van der Waals surface area contributed by atoms with Crippen molar-refractivity contribution < 1.29 is 27.1 Å². The highest BCUT2D eigenvalue weighted by Crippen LogP contribution is 2.38. The fraction of sp³-hybridized carbons (Fsp3) is 0.381. The van der Waals surface area contributed by atoms with E-state index in [2.05, 4.69) is 5.32 Å². The third kappa shape index (κ3) is 4.43. The number of nitrogens with one attached hydrogen (secondary N) is 1. The number of morpholine rings is 1. The molecule has 31 heavy (non-hydrogen) atoms. The van der Waals surface area contributed by atoms with Crippen molar-refractivity contribution in [2.24, 2.45) is 0 Å². The van der Waals surface area contributed by atoms with Gasteiger partial charge in [-0.25, -0.2) is 12.8 Å². The lowest BCUT2D eigenvalue weighted by Crippen LogP contribution is -2.40. The highest BCUT2D eigenvalue weighted by molar-refractivity contribution is 7.99. The molecule has 4 rings (SSSR count). The van der Waals surface area contributed by atoms with Crippen LogP contribution in [0.15, 0.2) is 46.2 Å². The fourth-order valence-electron chi connectivity index (χ4n) is 3.72. The number of fused-ring (bicyclic) bond motifs is 1. The summed E-state index contributed by atoms with van der Waals surface area (Å²) < 4.78 is 52.2. The zero-order valence-electron chi connectivity index (χ0n) is 17.0. The average Bonchev–Trinajstić information content (AvgIpc) is 2.80. The quantitative estimate of drug-likeness (QED) is 0.730. The number of ether oxygens (including phenoxy) is 2. The van der Waals surface area contributed by atoms with Crippen molar-refractivity contribution in [1.82, 2.24) is 9.62 Å². The number of carbonyl (C=O) groups excluding carboxylic acids is 1. The SMILES string of the molecule is COc1ccc(C(=O)NC2CCSc3c(F)cccc32)cc1S(=O)(=O)N1CCOCC1. The molecule has 1 atom stereocenters. The van der Waals surface area contributed by atoms with Crippen molar-refractivity contribution >= 4 is 27.7 Å². The van der Waals surface area contributed by atoms with Crippen LogP contribution in [0.4, 0.5) is 4.39 Å². The molecule has 166 valence electrons. The standard InChI is InChI=1S/C21H23FN2O5S2/c1-28-18-6-5-14(13-19(18)31(26,27)24-8-10-29-11-9-24)21(25)23-17-7-12-30-20-15(17)3-2-4-16(20)22/h2-6,13,17H,7-12H2,1H3,(H,23,25). The summed E-state index contributed by atoms with van der Waals surface area (Å²) in [7, 11) is -2.47. The lowest BCUT2D eigenvalue weighted by Gasteiger charge is -2.27. The van der Waals surface area contributed by atoms with Gasteiger partial charge in [-0.05, 0) is 36.2 Å². The van der Waals surface area contributed by atoms with Crippen LogP contribution in [-0.4, -0.2) is 57.8 Å². The van der Waals surface area contributed by atoms with E-state index in [0.29, 0.717) is 30.3 Å². The molecule has 0 saturated carbocycles. The number of nitrogens with zero attached hydrogens (tertiary/aromatic N) is 1. The second-order valence-corrected chi connectivity index (χ2v) is 10.2. The Bertz CT molecular complexity index is 1090. The zero-order chi connectivity index (χ0) is 22.0. The van der Waals surface area contributed by atoms with Crippen LogP contribution in [0.5, 0.6) is 5.75 Å². The summed E-state index contributed by atoms with van der Waals surface area (Å²) >= 11 is 1.43. The molecule has 1 amide bonds. The van der Waals surface area contributed by atoms with Crippen LogP contribution in [0, 0.1) is 5.82 Å². The van der Waals surface area contributed by atoms with Crippen LogP contribution in [0.25, 0.3) is 0 Å². The lowest BCUT2D eigenvalue weighted by molar-refractivity contribution is 0.0729. The maximum Gasteiger partial charge on any atom is 0.251 e. The molecule has 0 bridgehead atoms. The van der Waals surface area contributed by atoms with E-state index >= 15 is 0 Å². The van der Waals surface area contributed by atoms with E-state index < -0.39 is 15.9 Å². The van der Waals surface area contributed by atoms with E-state index in [0.717, 1.165) is 5.56 Å². The number of thioether (sulfide) groups is 1. The maximum atomic E-state index is 14.1. The molecule has 1 fully saturated rings. The van der Waals surface area contributed by atoms with Crippen LogP contribution in [0.3, 0.4) is 0 Å². The molecule has 2 heterocycles. The number of amides is 1. The molecule has 10 heteroatoms. The van der Waals surface area contributed by atoms with Gasteiger partial charge in [-0.3, -0.25) is 4.79 Å². The number of halogens is 1. The van der Waals surface area contributed by atoms with Gasteiger partial charge in [0, 0.05) is 29.3 Å². The number of methoxy groups -OCH3 is 1. The van der Waals surface area contributed by atoms with Gasteiger partial charge in [0.15, 0.2) is 0 Å². The van der Waals surface area contributed by atoms with Gasteiger partial charge in [-0.15, -0.1) is 11.8 Å². The molecule has 7 nitrogen and oxygen atoms in total. The Morgan fingerprint density at radius 2 is 2.03 bits per heavy atom. The minimum absolute atomic E-state index is 0.0600. The largest absolute Gasteiger partial charge is 0.495 e. The first-order chi connectivity index (χ1) is 14.9. The summed E-state index contributed by atoms with van der Waals surface area (Å²) in [5, 5.41) is 2.93. The highest BCUT2D eigenvalue weighted by atomic mass is 32.2. The van der Waals surface area contributed by atoms with Crippen molar-refractivity contribution in [2.75, 3.05) is 39.2 Å². The first kappa shape index (κ1) is 22.1. The molecule has 1 N–H and O–H groups in total. The molecule has 2 aromatic carbocycles. The minimum Gasteiger partial charge on any atom is -0.495 e. The molecule has 0 aliphatic carbocycles. The predicted octanol–water partition coefficient (Wildman–Crippen LogP) is 2.82. The molecule has 1 unspecified atom stereocenters. The summed E-state index contributed by atoms with van der Waals surface area (Å²) in [5.74, 6) is 0.125. The summed E-state index contributed by atoms with van der Waals surface area (Å²) in [6.45, 7) is 1.11. The molecule has 0 aromatic heterocycles.